The van der Waals surface area contributed by atoms with Crippen molar-refractivity contribution in [1.82, 2.24) is 24.1 Å². The number of hydrogen-bond donors (Lipinski definition) is 0. The minimum atomic E-state index is 0.623. The Balaban J connectivity index is 0.941. The van der Waals surface area contributed by atoms with Crippen LogP contribution in [0.4, 0.5) is 0 Å². The third kappa shape index (κ3) is 6.28. The van der Waals surface area contributed by atoms with Crippen LogP contribution in [0.3, 0.4) is 0 Å². The third-order valence-electron chi connectivity index (χ3n) is 13.0. The molecule has 13 aromatic rings. The summed E-state index contributed by atoms with van der Waals surface area (Å²) in [5.74, 6) is 1.90. The van der Waals surface area contributed by atoms with Crippen LogP contribution in [0.1, 0.15) is 0 Å². The molecule has 13 rings (SSSR count). The molecule has 308 valence electrons. The highest BCUT2D eigenvalue weighted by molar-refractivity contribution is 6.12. The maximum Gasteiger partial charge on any atom is 0.164 e. The van der Waals surface area contributed by atoms with Gasteiger partial charge in [-0.05, 0) is 81.6 Å². The molecule has 10 aromatic carbocycles. The predicted octanol–water partition coefficient (Wildman–Crippen LogP) is 15.6. The summed E-state index contributed by atoms with van der Waals surface area (Å²) >= 11 is 0. The van der Waals surface area contributed by atoms with Gasteiger partial charge < -0.3 is 9.13 Å². The predicted molar refractivity (Wildman–Crippen MR) is 273 cm³/mol. The smallest absolute Gasteiger partial charge is 0.164 e. The monoisotopic (exact) mass is 841 g/mol. The molecule has 0 bridgehead atoms. The van der Waals surface area contributed by atoms with Crippen molar-refractivity contribution in [3.63, 3.8) is 0 Å². The normalized spacial score (nSPS) is 11.6. The van der Waals surface area contributed by atoms with Gasteiger partial charge in [-0.1, -0.05) is 188 Å². The highest BCUT2D eigenvalue weighted by atomic mass is 15.0. The van der Waals surface area contributed by atoms with Crippen LogP contribution < -0.4 is 0 Å². The van der Waals surface area contributed by atoms with Gasteiger partial charge in [-0.3, -0.25) is 0 Å². The number of fused-ring (bicyclic) bond motifs is 7. The van der Waals surface area contributed by atoms with Crippen LogP contribution >= 0.6 is 0 Å². The number of rotatable bonds is 7. The summed E-state index contributed by atoms with van der Waals surface area (Å²) in [4.78, 5) is 15.1. The molecule has 0 N–H and O–H groups in total. The second-order valence-electron chi connectivity index (χ2n) is 16.8. The fourth-order valence-electron chi connectivity index (χ4n) is 9.85. The number of para-hydroxylation sites is 2. The highest BCUT2D eigenvalue weighted by Crippen LogP contribution is 2.39. The fourth-order valence-corrected chi connectivity index (χ4v) is 9.85. The molecule has 0 unspecified atom stereocenters. The van der Waals surface area contributed by atoms with Gasteiger partial charge in [-0.25, -0.2) is 15.0 Å². The van der Waals surface area contributed by atoms with Crippen LogP contribution in [0.2, 0.25) is 0 Å². The van der Waals surface area contributed by atoms with E-state index in [1.807, 2.05) is 60.7 Å². The Morgan fingerprint density at radius 1 is 0.242 bits per heavy atom. The van der Waals surface area contributed by atoms with Crippen LogP contribution in [-0.2, 0) is 0 Å². The quantitative estimate of drug-likeness (QED) is 0.161. The van der Waals surface area contributed by atoms with E-state index in [0.717, 1.165) is 50.2 Å². The highest BCUT2D eigenvalue weighted by Gasteiger charge is 2.18. The van der Waals surface area contributed by atoms with Gasteiger partial charge in [0.05, 0.1) is 22.1 Å². The summed E-state index contributed by atoms with van der Waals surface area (Å²) in [5, 5.41) is 7.36. The number of hydrogen-bond acceptors (Lipinski definition) is 3. The molecule has 0 saturated carbocycles. The molecule has 5 nitrogen and oxygen atoms in total. The van der Waals surface area contributed by atoms with Crippen LogP contribution in [-0.4, -0.2) is 24.1 Å². The maximum atomic E-state index is 5.07. The molecular weight excluding hydrogens is 803 g/mol. The van der Waals surface area contributed by atoms with Gasteiger partial charge in [0.2, 0.25) is 0 Å². The van der Waals surface area contributed by atoms with E-state index in [-0.39, 0.29) is 0 Å². The van der Waals surface area contributed by atoms with Gasteiger partial charge in [-0.2, -0.15) is 0 Å². The Bertz CT molecular complexity index is 3920. The molecular formula is C61H39N5. The first-order valence-electron chi connectivity index (χ1n) is 22.3. The van der Waals surface area contributed by atoms with Crippen molar-refractivity contribution in [2.75, 3.05) is 0 Å². The zero-order valence-corrected chi connectivity index (χ0v) is 35.8. The largest absolute Gasteiger partial charge is 0.309 e. The van der Waals surface area contributed by atoms with E-state index in [0.29, 0.717) is 17.5 Å². The minimum absolute atomic E-state index is 0.623. The van der Waals surface area contributed by atoms with Gasteiger partial charge >= 0.3 is 0 Å². The summed E-state index contributed by atoms with van der Waals surface area (Å²) in [5.41, 5.74) is 14.3. The second-order valence-corrected chi connectivity index (χ2v) is 16.8. The van der Waals surface area contributed by atoms with Gasteiger partial charge in [0.15, 0.2) is 17.5 Å². The summed E-state index contributed by atoms with van der Waals surface area (Å²) in [6.45, 7) is 0. The van der Waals surface area contributed by atoms with Gasteiger partial charge in [0, 0.05) is 49.6 Å². The Morgan fingerprint density at radius 3 is 1.29 bits per heavy atom. The Labute approximate surface area is 381 Å². The molecule has 0 aliphatic carbocycles. The van der Waals surface area contributed by atoms with E-state index in [9.17, 15) is 0 Å². The van der Waals surface area contributed by atoms with Gasteiger partial charge in [0.25, 0.3) is 0 Å². The summed E-state index contributed by atoms with van der Waals surface area (Å²) in [6.07, 6.45) is 0. The zero-order chi connectivity index (χ0) is 43.6. The molecule has 5 heteroatoms. The summed E-state index contributed by atoms with van der Waals surface area (Å²) < 4.78 is 4.79. The topological polar surface area (TPSA) is 48.5 Å². The molecule has 0 amide bonds. The Hall–Kier alpha value is -8.93. The molecule has 0 aliphatic rings. The van der Waals surface area contributed by atoms with Crippen LogP contribution in [0.5, 0.6) is 0 Å². The number of benzene rings is 10. The van der Waals surface area contributed by atoms with Crippen molar-refractivity contribution in [3.05, 3.63) is 237 Å². The maximum absolute atomic E-state index is 5.07. The minimum Gasteiger partial charge on any atom is -0.309 e. The van der Waals surface area contributed by atoms with Crippen molar-refractivity contribution in [1.29, 1.82) is 0 Å². The molecule has 0 radical (unpaired) electrons. The van der Waals surface area contributed by atoms with Crippen molar-refractivity contribution in [2.24, 2.45) is 0 Å². The lowest BCUT2D eigenvalue weighted by Gasteiger charge is -2.13. The molecule has 0 saturated heterocycles. The van der Waals surface area contributed by atoms with E-state index in [2.05, 4.69) is 185 Å². The molecule has 3 aromatic heterocycles. The van der Waals surface area contributed by atoms with Gasteiger partial charge in [-0.15, -0.1) is 0 Å². The first kappa shape index (κ1) is 37.6. The van der Waals surface area contributed by atoms with Crippen molar-refractivity contribution in [3.8, 4) is 67.8 Å². The second kappa shape index (κ2) is 15.4. The van der Waals surface area contributed by atoms with E-state index >= 15 is 0 Å². The van der Waals surface area contributed by atoms with E-state index in [1.165, 1.54) is 54.5 Å². The molecule has 0 spiro atoms. The van der Waals surface area contributed by atoms with E-state index in [4.69, 9.17) is 15.0 Å². The van der Waals surface area contributed by atoms with Gasteiger partial charge in [0.1, 0.15) is 0 Å². The van der Waals surface area contributed by atoms with Crippen LogP contribution in [0, 0.1) is 0 Å². The molecule has 0 fully saturated rings. The average molecular weight is 842 g/mol. The molecule has 66 heavy (non-hydrogen) atoms. The fraction of sp³-hybridized carbons (Fsp3) is 0. The summed E-state index contributed by atoms with van der Waals surface area (Å²) in [7, 11) is 0. The molecule has 3 heterocycles. The Kier molecular flexibility index (Phi) is 8.78. The Morgan fingerprint density at radius 2 is 0.682 bits per heavy atom. The van der Waals surface area contributed by atoms with Crippen LogP contribution in [0.15, 0.2) is 237 Å². The summed E-state index contributed by atoms with van der Waals surface area (Å²) in [6, 6.07) is 84.2. The zero-order valence-electron chi connectivity index (χ0n) is 35.8. The SMILES string of the molecule is c1ccc(-c2nc(-c3ccccc3)nc(-c3cccc(-n4c5ccccc5c5ccc(-c6ccc7c8ccccc8n(-c8ccc(-c9cccc%10ccccc9%10)cc8)c7c6)cc54)c3)n2)cc1. The lowest BCUT2D eigenvalue weighted by molar-refractivity contribution is 1.07. The van der Waals surface area contributed by atoms with Crippen LogP contribution in [0.25, 0.3) is 122 Å². The average Bonchev–Trinajstić information content (AvgIpc) is 3.91. The van der Waals surface area contributed by atoms with Crippen molar-refractivity contribution in [2.45, 2.75) is 0 Å². The first-order valence-corrected chi connectivity index (χ1v) is 22.3. The van der Waals surface area contributed by atoms with Crippen molar-refractivity contribution >= 4 is 54.4 Å². The first-order chi connectivity index (χ1) is 32.7. The van der Waals surface area contributed by atoms with E-state index in [1.54, 1.807) is 0 Å². The standard InChI is InChI=1S/C61H39N5/c1-3-16-42(17-4-1)59-62-60(43-18-5-2-6-19-43)64-61(63-59)46-21-13-22-48(37-46)66-56-28-12-10-25-52(56)54-36-32-45(39-58(54)66)44-31-35-53-51-24-9-11-27-55(51)65(57(53)38-44)47-33-29-41(30-34-47)50-26-14-20-40-15-7-8-23-49(40)50/h1-39H. The molecule has 0 aliphatic heterocycles. The van der Waals surface area contributed by atoms with Crippen molar-refractivity contribution < 1.29 is 0 Å². The lowest BCUT2D eigenvalue weighted by Crippen LogP contribution is -2.01. The molecule has 0 atom stereocenters. The number of nitrogens with zero attached hydrogens (tertiary/aromatic N) is 5. The van der Waals surface area contributed by atoms with E-state index < -0.39 is 0 Å². The third-order valence-corrected chi connectivity index (χ3v) is 13.0. The lowest BCUT2D eigenvalue weighted by atomic mass is 9.98. The number of aromatic nitrogens is 5.